The maximum absolute atomic E-state index is 13.1. The molecule has 9 aromatic rings. The molecule has 6 aromatic carbocycles. The molecule has 3 aromatic heterocycles. The largest absolute Gasteiger partial charge is 0.497 e. The molecular formula is C74H75ClO13S3. The van der Waals surface area contributed by atoms with Crippen molar-refractivity contribution in [1.29, 1.82) is 0 Å². The van der Waals surface area contributed by atoms with Crippen LogP contribution in [0.2, 0.25) is 5.02 Å². The van der Waals surface area contributed by atoms with E-state index in [1.165, 1.54) is 55.9 Å². The van der Waals surface area contributed by atoms with E-state index in [-0.39, 0.29) is 46.8 Å². The summed E-state index contributed by atoms with van der Waals surface area (Å²) in [5, 5.41) is 22.3. The van der Waals surface area contributed by atoms with Gasteiger partial charge in [-0.3, -0.25) is 19.2 Å². The minimum Gasteiger partial charge on any atom is -0.497 e. The Balaban J connectivity index is 0.000000162. The van der Waals surface area contributed by atoms with Gasteiger partial charge in [-0.2, -0.15) is 0 Å². The van der Waals surface area contributed by atoms with Gasteiger partial charge in [-0.15, -0.1) is 34.0 Å². The van der Waals surface area contributed by atoms with Crippen molar-refractivity contribution in [2.75, 3.05) is 14.2 Å². The van der Waals surface area contributed by atoms with Crippen LogP contribution in [0.15, 0.2) is 115 Å². The smallest absolute Gasteiger partial charge is 0.347 e. The molecule has 2 aliphatic carbocycles. The molecule has 17 heteroatoms. The number of carboxylic acid groups (broad SMARTS) is 2. The molecular weight excluding hydrogens is 1230 g/mol. The second kappa shape index (κ2) is 26.6. The Morgan fingerprint density at radius 1 is 0.484 bits per heavy atom. The molecule has 2 fully saturated rings. The molecule has 91 heavy (non-hydrogen) atoms. The van der Waals surface area contributed by atoms with Gasteiger partial charge in [0.05, 0.1) is 28.9 Å². The number of ketones is 4. The average Bonchev–Trinajstić information content (AvgIpc) is 1.63. The molecule has 0 bridgehead atoms. The third-order valence-electron chi connectivity index (χ3n) is 16.6. The van der Waals surface area contributed by atoms with Gasteiger partial charge in [0.1, 0.15) is 28.7 Å². The first-order valence-corrected chi connectivity index (χ1v) is 32.6. The fourth-order valence-electron chi connectivity index (χ4n) is 10.9. The lowest BCUT2D eigenvalue weighted by Gasteiger charge is -2.26. The Morgan fingerprint density at radius 3 is 1.22 bits per heavy atom. The number of halogens is 1. The highest BCUT2D eigenvalue weighted by molar-refractivity contribution is 7.21. The SMILES string of the molecule is COc1ccc2sc(C(=O)/C=C/c3cc(C)c(OC(C)(C)C(=O)O)c(C)c3)cc2c1.COc1ccc2sc(C(=O)C3CC3c3cc(C)c(OC(C)(C)C(C)=O)c(C)c3)cc2c1.Cc1cc(C2CC2C(=O)c2cc3cc(Cl)ccc3s2)cc(C)c1OC(C)(C)C(=O)O. The average molecular weight is 1300 g/mol. The minimum atomic E-state index is -1.33. The molecule has 0 amide bonds. The zero-order chi connectivity index (χ0) is 66.3. The molecule has 0 radical (unpaired) electrons. The van der Waals surface area contributed by atoms with Gasteiger partial charge >= 0.3 is 11.9 Å². The van der Waals surface area contributed by atoms with Crippen LogP contribution in [-0.2, 0) is 14.4 Å². The molecule has 11 rings (SSSR count). The van der Waals surface area contributed by atoms with E-state index in [2.05, 4.69) is 12.1 Å². The maximum atomic E-state index is 13.1. The topological polar surface area (TPSA) is 189 Å². The van der Waals surface area contributed by atoms with E-state index < -0.39 is 28.7 Å². The first kappa shape index (κ1) is 67.2. The summed E-state index contributed by atoms with van der Waals surface area (Å²) in [6.07, 6.45) is 5.01. The maximum Gasteiger partial charge on any atom is 0.347 e. The van der Waals surface area contributed by atoms with Crippen LogP contribution in [0.1, 0.15) is 152 Å². The van der Waals surface area contributed by atoms with Crippen LogP contribution in [0, 0.1) is 53.4 Å². The third kappa shape index (κ3) is 15.3. The van der Waals surface area contributed by atoms with Crippen LogP contribution in [0.25, 0.3) is 36.3 Å². The van der Waals surface area contributed by atoms with Crippen molar-refractivity contribution in [3.63, 3.8) is 0 Å². The number of Topliss-reactive ketones (excluding diaryl/α,β-unsaturated/α-hetero) is 3. The number of fused-ring (bicyclic) bond motifs is 3. The number of carbonyl (C=O) groups excluding carboxylic acids is 4. The highest BCUT2D eigenvalue weighted by Crippen LogP contribution is 2.53. The fraction of sp³-hybridized carbons (Fsp3) is 0.324. The van der Waals surface area contributed by atoms with Gasteiger partial charge in [0.2, 0.25) is 0 Å². The number of allylic oxidation sites excluding steroid dienone is 1. The lowest BCUT2D eigenvalue weighted by molar-refractivity contribution is -0.152. The summed E-state index contributed by atoms with van der Waals surface area (Å²) in [4.78, 5) is 75.7. The van der Waals surface area contributed by atoms with E-state index in [9.17, 15) is 39.0 Å². The Bertz CT molecular complexity index is 4330. The number of hydrogen-bond acceptors (Lipinski definition) is 14. The second-order valence-corrected chi connectivity index (χ2v) is 28.8. The lowest BCUT2D eigenvalue weighted by atomic mass is 9.99. The van der Waals surface area contributed by atoms with Crippen molar-refractivity contribution in [3.05, 3.63) is 185 Å². The molecule has 2 N–H and O–H groups in total. The van der Waals surface area contributed by atoms with Crippen LogP contribution < -0.4 is 23.7 Å². The van der Waals surface area contributed by atoms with E-state index >= 15 is 0 Å². The first-order valence-electron chi connectivity index (χ1n) is 29.8. The molecule has 13 nitrogen and oxygen atoms in total. The molecule has 0 saturated heterocycles. The van der Waals surface area contributed by atoms with Gasteiger partial charge in [0, 0.05) is 31.0 Å². The van der Waals surface area contributed by atoms with Gasteiger partial charge < -0.3 is 33.9 Å². The number of methoxy groups -OCH3 is 2. The van der Waals surface area contributed by atoms with Gasteiger partial charge in [-0.05, 0) is 272 Å². The summed E-state index contributed by atoms with van der Waals surface area (Å²) < 4.78 is 31.3. The van der Waals surface area contributed by atoms with Crippen LogP contribution >= 0.6 is 45.6 Å². The molecule has 0 spiro atoms. The highest BCUT2D eigenvalue weighted by atomic mass is 35.5. The van der Waals surface area contributed by atoms with E-state index in [0.717, 1.165) is 115 Å². The van der Waals surface area contributed by atoms with E-state index in [0.29, 0.717) is 21.4 Å². The number of carboxylic acids is 2. The number of ether oxygens (including phenoxy) is 5. The zero-order valence-corrected chi connectivity index (χ0v) is 57.0. The fourth-order valence-corrected chi connectivity index (χ4v) is 14.1. The van der Waals surface area contributed by atoms with Gasteiger partial charge in [-0.25, -0.2) is 9.59 Å². The van der Waals surface area contributed by atoms with Crippen molar-refractivity contribution < 1.29 is 62.7 Å². The van der Waals surface area contributed by atoms with E-state index in [4.69, 9.17) is 35.3 Å². The zero-order valence-electron chi connectivity index (χ0n) is 53.8. The number of carbonyl (C=O) groups is 6. The summed E-state index contributed by atoms with van der Waals surface area (Å²) in [5.41, 5.74) is 5.01. The quantitative estimate of drug-likeness (QED) is 0.0542. The predicted octanol–water partition coefficient (Wildman–Crippen LogP) is 18.3. The van der Waals surface area contributed by atoms with Crippen molar-refractivity contribution >= 4 is 117 Å². The van der Waals surface area contributed by atoms with Crippen molar-refractivity contribution in [2.24, 2.45) is 11.8 Å². The number of benzene rings is 6. The number of thiophene rings is 3. The minimum absolute atomic E-state index is 0.0100. The van der Waals surface area contributed by atoms with Crippen LogP contribution in [-0.4, -0.2) is 76.3 Å². The normalized spacial score (nSPS) is 16.1. The number of rotatable bonds is 20. The van der Waals surface area contributed by atoms with Crippen LogP contribution in [0.5, 0.6) is 28.7 Å². The van der Waals surface area contributed by atoms with E-state index in [1.54, 1.807) is 58.5 Å². The molecule has 3 heterocycles. The summed E-state index contributed by atoms with van der Waals surface area (Å²) in [5.74, 6) is 2.16. The summed E-state index contributed by atoms with van der Waals surface area (Å²) in [6, 6.07) is 35.1. The lowest BCUT2D eigenvalue weighted by Crippen LogP contribution is -2.38. The van der Waals surface area contributed by atoms with Gasteiger partial charge in [-0.1, -0.05) is 41.9 Å². The van der Waals surface area contributed by atoms with Crippen molar-refractivity contribution in [3.8, 4) is 28.7 Å². The van der Waals surface area contributed by atoms with Gasteiger partial charge in [0.15, 0.2) is 39.9 Å². The Kier molecular flexibility index (Phi) is 19.6. The monoisotopic (exact) mass is 1300 g/mol. The standard InChI is InChI=1S/C26H28O4S.C24H23ClO4S.C24H24O5S/c1-14-9-17(10-15(2)25(14)30-26(4,5)16(3)27)20-13-21(20)24(28)23-12-18-11-19(29-6)7-8-22(18)31-23;1-12-7-14(8-13(2)22(12)29-24(3,4)23(27)28)17-11-18(17)21(26)20-10-15-9-16(25)5-6-19(15)30-20;1-14-10-16(11-15(2)22(14)29-24(3,4)23(26)27)6-8-19(25)21-13-17-12-18(28-5)7-9-20(17)30-21/h7-12,20-21H,13H2,1-6H3;5-10,17-18H,11H2,1-4H3,(H,27,28);6-13H,1-5H3,(H,26,27)/b;;8-6+. The Hall–Kier alpha value is -8.15. The third-order valence-corrected chi connectivity index (χ3v) is 20.2. The molecule has 4 unspecified atom stereocenters. The highest BCUT2D eigenvalue weighted by Gasteiger charge is 2.46. The summed E-state index contributed by atoms with van der Waals surface area (Å²) in [6.45, 7) is 22.8. The Morgan fingerprint density at radius 2 is 0.835 bits per heavy atom. The molecule has 4 atom stereocenters. The number of aryl methyl sites for hydroxylation is 6. The number of hydrogen-bond donors (Lipinski definition) is 2. The summed E-state index contributed by atoms with van der Waals surface area (Å²) >= 11 is 10.6. The first-order chi connectivity index (χ1) is 42.8. The van der Waals surface area contributed by atoms with E-state index in [1.807, 2.05) is 139 Å². The second-order valence-electron chi connectivity index (χ2n) is 25.1. The molecule has 474 valence electrons. The number of aliphatic carboxylic acids is 2. The summed E-state index contributed by atoms with van der Waals surface area (Å²) in [7, 11) is 3.26. The van der Waals surface area contributed by atoms with Crippen molar-refractivity contribution in [2.45, 2.75) is 131 Å². The molecule has 2 saturated carbocycles. The van der Waals surface area contributed by atoms with Crippen molar-refractivity contribution in [1.82, 2.24) is 0 Å². The van der Waals surface area contributed by atoms with Crippen LogP contribution in [0.4, 0.5) is 0 Å². The molecule has 2 aliphatic rings. The van der Waals surface area contributed by atoms with Gasteiger partial charge in [0.25, 0.3) is 0 Å². The van der Waals surface area contributed by atoms with Crippen LogP contribution in [0.3, 0.4) is 0 Å². The molecule has 0 aliphatic heterocycles. The Labute approximate surface area is 547 Å². The predicted molar refractivity (Wildman–Crippen MR) is 365 cm³/mol.